The number of carbonyl (C=O) groups excluding carboxylic acids is 1. The van der Waals surface area contributed by atoms with Crippen molar-refractivity contribution >= 4 is 23.0 Å². The van der Waals surface area contributed by atoms with E-state index in [-0.39, 0.29) is 18.5 Å². The molecule has 1 aromatic carbocycles. The lowest BCUT2D eigenvalue weighted by atomic mass is 10.0. The first-order valence-corrected chi connectivity index (χ1v) is 20.1. The monoisotopic (exact) mass is 832 g/mol. The number of amides is 2. The highest BCUT2D eigenvalue weighted by Gasteiger charge is 2.20. The molecule has 60 heavy (non-hydrogen) atoms. The molecule has 5 rings (SSSR count). The maximum Gasteiger partial charge on any atom is 0.404 e. The Hall–Kier alpha value is -5.27. The number of benzene rings is 1. The number of fused-ring (bicyclic) bond motifs is 1. The number of hydrogen-bond donors (Lipinski definition) is 3. The molecule has 324 valence electrons. The van der Waals surface area contributed by atoms with Crippen molar-refractivity contribution in [2.45, 2.75) is 26.8 Å². The summed E-state index contributed by atoms with van der Waals surface area (Å²) in [5, 5.41) is 17.7. The minimum atomic E-state index is -1.07. The largest absolute Gasteiger partial charge is 0.465 e. The number of hydrogen-bond acceptors (Lipinski definition) is 13. The molecule has 17 heteroatoms. The smallest absolute Gasteiger partial charge is 0.404 e. The Morgan fingerprint density at radius 1 is 0.717 bits per heavy atom. The quantitative estimate of drug-likeness (QED) is 0.0538. The second-order valence-corrected chi connectivity index (χ2v) is 13.5. The van der Waals surface area contributed by atoms with E-state index in [1.165, 1.54) is 0 Å². The Morgan fingerprint density at radius 2 is 1.27 bits per heavy atom. The van der Waals surface area contributed by atoms with Crippen molar-refractivity contribution in [2.24, 2.45) is 0 Å². The van der Waals surface area contributed by atoms with Crippen LogP contribution in [0.15, 0.2) is 71.6 Å². The van der Waals surface area contributed by atoms with E-state index in [4.69, 9.17) is 47.8 Å². The maximum absolute atomic E-state index is 12.9. The molecule has 0 saturated carbocycles. The number of nitrogens with one attached hydrogen (secondary N) is 2. The zero-order valence-corrected chi connectivity index (χ0v) is 34.6. The van der Waals surface area contributed by atoms with Crippen molar-refractivity contribution in [3.05, 3.63) is 89.8 Å². The van der Waals surface area contributed by atoms with E-state index in [1.807, 2.05) is 62.5 Å². The number of carboxylic acid groups (broad SMARTS) is 1. The van der Waals surface area contributed by atoms with Gasteiger partial charge in [0.25, 0.3) is 5.91 Å². The van der Waals surface area contributed by atoms with Gasteiger partial charge in [-0.15, -0.1) is 0 Å². The molecular weight excluding hydrogens is 777 g/mol. The fourth-order valence-electron chi connectivity index (χ4n) is 6.25. The first kappa shape index (κ1) is 45.8. The predicted molar refractivity (Wildman–Crippen MR) is 222 cm³/mol. The van der Waals surface area contributed by atoms with Gasteiger partial charge in [-0.1, -0.05) is 23.4 Å². The van der Waals surface area contributed by atoms with E-state index in [0.29, 0.717) is 105 Å². The first-order chi connectivity index (χ1) is 29.3. The van der Waals surface area contributed by atoms with E-state index in [1.54, 1.807) is 6.20 Å². The van der Waals surface area contributed by atoms with E-state index >= 15 is 0 Å². The summed E-state index contributed by atoms with van der Waals surface area (Å²) >= 11 is 0. The van der Waals surface area contributed by atoms with Crippen LogP contribution in [-0.4, -0.2) is 142 Å². The number of rotatable bonds is 29. The highest BCUT2D eigenvalue weighted by atomic mass is 16.6. The van der Waals surface area contributed by atoms with Crippen molar-refractivity contribution in [3.63, 3.8) is 0 Å². The second-order valence-electron chi connectivity index (χ2n) is 13.5. The van der Waals surface area contributed by atoms with Crippen LogP contribution >= 0.6 is 0 Å². The Bertz CT molecular complexity index is 2000. The molecule has 1 atom stereocenters. The minimum Gasteiger partial charge on any atom is -0.465 e. The van der Waals surface area contributed by atoms with Crippen LogP contribution in [0.4, 0.5) is 4.79 Å². The molecule has 0 aliphatic heterocycles. The highest BCUT2D eigenvalue weighted by molar-refractivity contribution is 5.97. The molecule has 0 fully saturated rings. The van der Waals surface area contributed by atoms with Gasteiger partial charge in [-0.3, -0.25) is 14.8 Å². The van der Waals surface area contributed by atoms with Crippen molar-refractivity contribution < 1.29 is 52.4 Å². The molecule has 0 aliphatic carbocycles. The van der Waals surface area contributed by atoms with Crippen molar-refractivity contribution in [1.29, 1.82) is 0 Å². The molecule has 0 unspecified atom stereocenters. The van der Waals surface area contributed by atoms with Gasteiger partial charge in [0.15, 0.2) is 0 Å². The van der Waals surface area contributed by atoms with Crippen molar-refractivity contribution in [2.75, 3.05) is 106 Å². The molecule has 2 amide bonds. The molecule has 0 radical (unpaired) electrons. The topological polar surface area (TPSA) is 200 Å². The molecule has 0 saturated heterocycles. The third-order valence-electron chi connectivity index (χ3n) is 9.27. The van der Waals surface area contributed by atoms with Gasteiger partial charge in [-0.25, -0.2) is 4.79 Å². The number of pyridine rings is 2. The van der Waals surface area contributed by atoms with E-state index in [0.717, 1.165) is 50.4 Å². The normalized spacial score (nSPS) is 11.9. The van der Waals surface area contributed by atoms with Crippen molar-refractivity contribution in [3.8, 4) is 22.3 Å². The molecule has 0 aliphatic rings. The van der Waals surface area contributed by atoms with Gasteiger partial charge in [0, 0.05) is 53.9 Å². The summed E-state index contributed by atoms with van der Waals surface area (Å²) in [5.41, 5.74) is 7.84. The number of ether oxygens (including phenoxy) is 7. The van der Waals surface area contributed by atoms with E-state index in [9.17, 15) is 9.59 Å². The molecule has 5 aromatic rings. The third-order valence-corrected chi connectivity index (χ3v) is 9.27. The number of carbonyl (C=O) groups is 2. The van der Waals surface area contributed by atoms with Crippen LogP contribution in [0, 0.1) is 13.8 Å². The fourth-order valence-corrected chi connectivity index (χ4v) is 6.25. The summed E-state index contributed by atoms with van der Waals surface area (Å²) in [5.74, 6) is 0.557. The zero-order valence-electron chi connectivity index (χ0n) is 34.6. The van der Waals surface area contributed by atoms with Crippen LogP contribution in [0.25, 0.3) is 33.3 Å². The van der Waals surface area contributed by atoms with E-state index in [2.05, 4.69) is 44.5 Å². The Kier molecular flexibility index (Phi) is 19.4. The molecule has 3 N–H and O–H groups in total. The number of aryl methyl sites for hydroxylation is 2. The summed E-state index contributed by atoms with van der Waals surface area (Å²) < 4.78 is 45.8. The van der Waals surface area contributed by atoms with Gasteiger partial charge in [-0.05, 0) is 56.7 Å². The van der Waals surface area contributed by atoms with Gasteiger partial charge < -0.3 is 58.0 Å². The summed E-state index contributed by atoms with van der Waals surface area (Å²) in [6.07, 6.45) is 4.69. The number of aromatic nitrogens is 4. The van der Waals surface area contributed by atoms with Gasteiger partial charge in [0.1, 0.15) is 5.76 Å². The average Bonchev–Trinajstić information content (AvgIpc) is 3.81. The van der Waals surface area contributed by atoms with Gasteiger partial charge in [0.05, 0.1) is 121 Å². The predicted octanol–water partition coefficient (Wildman–Crippen LogP) is 5.09. The average molecular weight is 833 g/mol. The SMILES string of the molecule is Cc1noc(C)c1-c1cnc2c(-c3ccc(C(=O)NCCOCCOCCOCCOCCOCCOCCOCCNC(=O)O)cc3)cn([C@@H](C)c3ccccn3)c2c1. The van der Waals surface area contributed by atoms with Gasteiger partial charge in [-0.2, -0.15) is 0 Å². The Balaban J connectivity index is 0.922. The van der Waals surface area contributed by atoms with E-state index < -0.39 is 6.09 Å². The molecular formula is C43H56N6O11. The molecule has 4 heterocycles. The van der Waals surface area contributed by atoms with Crippen molar-refractivity contribution in [1.82, 2.24) is 30.3 Å². The highest BCUT2D eigenvalue weighted by Crippen LogP contribution is 2.36. The van der Waals surface area contributed by atoms with Crippen LogP contribution in [-0.2, 0) is 33.2 Å². The van der Waals surface area contributed by atoms with Crippen LogP contribution in [0.1, 0.15) is 40.5 Å². The first-order valence-electron chi connectivity index (χ1n) is 20.1. The van der Waals surface area contributed by atoms with Crippen LogP contribution in [0.5, 0.6) is 0 Å². The summed E-state index contributed by atoms with van der Waals surface area (Å²) in [6, 6.07) is 15.5. The van der Waals surface area contributed by atoms with Crippen LogP contribution in [0.3, 0.4) is 0 Å². The van der Waals surface area contributed by atoms with Gasteiger partial charge >= 0.3 is 6.09 Å². The zero-order chi connectivity index (χ0) is 42.4. The summed E-state index contributed by atoms with van der Waals surface area (Å²) in [4.78, 5) is 32.8. The number of nitrogens with zero attached hydrogens (tertiary/aromatic N) is 4. The lowest BCUT2D eigenvalue weighted by Gasteiger charge is -2.15. The molecule has 4 aromatic heterocycles. The maximum atomic E-state index is 12.9. The van der Waals surface area contributed by atoms with Crippen LogP contribution < -0.4 is 10.6 Å². The minimum absolute atomic E-state index is 0.0617. The lowest BCUT2D eigenvalue weighted by molar-refractivity contribution is -0.0202. The molecule has 17 nitrogen and oxygen atoms in total. The summed E-state index contributed by atoms with van der Waals surface area (Å²) in [6.45, 7) is 12.4. The Morgan fingerprint density at radius 3 is 1.77 bits per heavy atom. The van der Waals surface area contributed by atoms with Gasteiger partial charge in [0.2, 0.25) is 0 Å². The second kappa shape index (κ2) is 25.4. The Labute approximate surface area is 349 Å². The molecule has 0 spiro atoms. The third kappa shape index (κ3) is 14.5. The summed E-state index contributed by atoms with van der Waals surface area (Å²) in [7, 11) is 0. The van der Waals surface area contributed by atoms with Crippen LogP contribution in [0.2, 0.25) is 0 Å². The molecule has 0 bridgehead atoms. The lowest BCUT2D eigenvalue weighted by Crippen LogP contribution is -2.27. The standard InChI is InChI=1S/C43H56N6O11/c1-31-40(33(3)60-48-31)36-28-39-41(47-29-36)37(30-49(39)32(2)38-6-4-5-11-44-38)34-7-9-35(10-8-34)42(50)45-12-14-53-16-18-55-20-22-57-24-26-59-27-25-58-23-21-56-19-17-54-15-13-46-43(51)52/h4-11,28-30,32,46H,12-27H2,1-3H3,(H,45,50)(H,51,52)/t32-/m0/s1. The fraction of sp³-hybridized carbons (Fsp3) is 0.465.